The van der Waals surface area contributed by atoms with E-state index in [2.05, 4.69) is 31.1 Å². The maximum Gasteiger partial charge on any atom is 0.308 e. The Kier molecular flexibility index (Phi) is 6.30. The molecule has 0 fully saturated rings. The summed E-state index contributed by atoms with van der Waals surface area (Å²) in [7, 11) is -1.37. The summed E-state index contributed by atoms with van der Waals surface area (Å²) in [5.74, 6) is 2.57. The van der Waals surface area contributed by atoms with Crippen LogP contribution < -0.4 is 0 Å². The number of aliphatic hydroxyl groups is 1. The predicted molar refractivity (Wildman–Crippen MR) is 63.0 cm³/mol. The molecule has 0 bridgehead atoms. The standard InChI is InChI=1S/C11H20O3Si/c1-5-14-11(13)9-10(12)7-6-8-15(2,3)4/h10,12H,5,7,9H2,1-4H3/t10-/m0/s1. The van der Waals surface area contributed by atoms with Crippen molar-refractivity contribution in [1.29, 1.82) is 0 Å². The topological polar surface area (TPSA) is 46.5 Å². The van der Waals surface area contributed by atoms with Gasteiger partial charge in [0.15, 0.2) is 0 Å². The molecule has 0 aliphatic carbocycles. The molecule has 0 saturated carbocycles. The number of ether oxygens (including phenoxy) is 1. The number of hydrogen-bond acceptors (Lipinski definition) is 3. The molecule has 0 heterocycles. The zero-order valence-corrected chi connectivity index (χ0v) is 11.0. The van der Waals surface area contributed by atoms with E-state index in [1.165, 1.54) is 0 Å². The Morgan fingerprint density at radius 2 is 2.07 bits per heavy atom. The molecule has 0 aliphatic heterocycles. The lowest BCUT2D eigenvalue weighted by Gasteiger charge is -2.07. The van der Waals surface area contributed by atoms with Crippen molar-refractivity contribution in [2.75, 3.05) is 6.61 Å². The van der Waals surface area contributed by atoms with E-state index in [1.54, 1.807) is 6.92 Å². The minimum atomic E-state index is -1.37. The minimum absolute atomic E-state index is 0.0359. The van der Waals surface area contributed by atoms with Crippen molar-refractivity contribution in [3.63, 3.8) is 0 Å². The van der Waals surface area contributed by atoms with Gasteiger partial charge in [-0.2, -0.15) is 0 Å². The molecule has 0 unspecified atom stereocenters. The molecule has 0 aromatic heterocycles. The van der Waals surface area contributed by atoms with Crippen LogP contribution in [0.2, 0.25) is 19.6 Å². The molecular weight excluding hydrogens is 208 g/mol. The quantitative estimate of drug-likeness (QED) is 0.451. The number of carbonyl (C=O) groups is 1. The van der Waals surface area contributed by atoms with Crippen molar-refractivity contribution >= 4 is 14.0 Å². The second kappa shape index (κ2) is 6.65. The van der Waals surface area contributed by atoms with Gasteiger partial charge in [0.05, 0.1) is 19.1 Å². The third-order valence-electron chi connectivity index (χ3n) is 1.51. The van der Waals surface area contributed by atoms with Gasteiger partial charge in [0, 0.05) is 6.42 Å². The van der Waals surface area contributed by atoms with Crippen LogP contribution in [0.4, 0.5) is 0 Å². The molecule has 3 nitrogen and oxygen atoms in total. The normalized spacial score (nSPS) is 12.6. The van der Waals surface area contributed by atoms with Gasteiger partial charge < -0.3 is 9.84 Å². The van der Waals surface area contributed by atoms with Gasteiger partial charge in [-0.15, -0.1) is 11.5 Å². The second-order valence-corrected chi connectivity index (χ2v) is 9.17. The first-order valence-electron chi connectivity index (χ1n) is 5.19. The number of rotatable bonds is 4. The molecule has 0 saturated heterocycles. The third-order valence-corrected chi connectivity index (χ3v) is 2.44. The van der Waals surface area contributed by atoms with Gasteiger partial charge in [0.2, 0.25) is 0 Å². The summed E-state index contributed by atoms with van der Waals surface area (Å²) in [5, 5.41) is 9.46. The van der Waals surface area contributed by atoms with Gasteiger partial charge in [-0.3, -0.25) is 4.79 Å². The van der Waals surface area contributed by atoms with Crippen molar-refractivity contribution in [2.24, 2.45) is 0 Å². The SMILES string of the molecule is CCOC(=O)C[C@@H](O)CC#C[Si](C)(C)C. The molecule has 86 valence electrons. The van der Waals surface area contributed by atoms with Crippen LogP contribution in [0.5, 0.6) is 0 Å². The van der Waals surface area contributed by atoms with E-state index in [4.69, 9.17) is 4.74 Å². The summed E-state index contributed by atoms with van der Waals surface area (Å²) in [6.45, 7) is 8.51. The van der Waals surface area contributed by atoms with Crippen LogP contribution >= 0.6 is 0 Å². The average Bonchev–Trinajstić information content (AvgIpc) is 2.01. The zero-order chi connectivity index (χ0) is 11.9. The molecule has 0 aromatic rings. The average molecular weight is 228 g/mol. The van der Waals surface area contributed by atoms with E-state index >= 15 is 0 Å². The van der Waals surface area contributed by atoms with Crippen molar-refractivity contribution in [3.05, 3.63) is 0 Å². The van der Waals surface area contributed by atoms with E-state index in [-0.39, 0.29) is 12.4 Å². The highest BCUT2D eigenvalue weighted by Crippen LogP contribution is 2.01. The van der Waals surface area contributed by atoms with Crippen molar-refractivity contribution in [1.82, 2.24) is 0 Å². The van der Waals surface area contributed by atoms with Crippen LogP contribution in [0.3, 0.4) is 0 Å². The maximum absolute atomic E-state index is 11.0. The van der Waals surface area contributed by atoms with E-state index in [1.807, 2.05) is 0 Å². The smallest absolute Gasteiger partial charge is 0.308 e. The van der Waals surface area contributed by atoms with Gasteiger partial charge in [-0.05, 0) is 6.92 Å². The summed E-state index contributed by atoms with van der Waals surface area (Å²) in [6, 6.07) is 0. The fraction of sp³-hybridized carbons (Fsp3) is 0.727. The van der Waals surface area contributed by atoms with Crippen molar-refractivity contribution < 1.29 is 14.6 Å². The number of hydrogen-bond donors (Lipinski definition) is 1. The largest absolute Gasteiger partial charge is 0.466 e. The first-order chi connectivity index (χ1) is 6.85. The monoisotopic (exact) mass is 228 g/mol. The summed E-state index contributed by atoms with van der Waals surface area (Å²) in [5.41, 5.74) is 3.13. The van der Waals surface area contributed by atoms with Crippen LogP contribution in [0.25, 0.3) is 0 Å². The van der Waals surface area contributed by atoms with E-state index in [0.717, 1.165) is 0 Å². The lowest BCUT2D eigenvalue weighted by atomic mass is 10.2. The van der Waals surface area contributed by atoms with Gasteiger partial charge in [-0.25, -0.2) is 0 Å². The molecule has 15 heavy (non-hydrogen) atoms. The molecular formula is C11H20O3Si. The highest BCUT2D eigenvalue weighted by atomic mass is 28.3. The van der Waals surface area contributed by atoms with Crippen LogP contribution in [0.1, 0.15) is 19.8 Å². The molecule has 0 radical (unpaired) electrons. The molecule has 0 rings (SSSR count). The van der Waals surface area contributed by atoms with Crippen LogP contribution in [0.15, 0.2) is 0 Å². The third kappa shape index (κ3) is 9.51. The first-order valence-corrected chi connectivity index (χ1v) is 8.69. The summed E-state index contributed by atoms with van der Waals surface area (Å²) < 4.78 is 4.72. The maximum atomic E-state index is 11.0. The molecule has 0 spiro atoms. The highest BCUT2D eigenvalue weighted by molar-refractivity contribution is 6.83. The fourth-order valence-electron chi connectivity index (χ4n) is 0.918. The summed E-state index contributed by atoms with van der Waals surface area (Å²) >= 11 is 0. The molecule has 0 aromatic carbocycles. The summed E-state index contributed by atoms with van der Waals surface area (Å²) in [6.07, 6.45) is -0.315. The number of aliphatic hydroxyl groups excluding tert-OH is 1. The Bertz CT molecular complexity index is 257. The molecule has 0 amide bonds. The number of carbonyl (C=O) groups excluding carboxylic acids is 1. The van der Waals surface area contributed by atoms with Crippen molar-refractivity contribution in [2.45, 2.75) is 45.5 Å². The van der Waals surface area contributed by atoms with Gasteiger partial charge in [-0.1, -0.05) is 19.6 Å². The first kappa shape index (κ1) is 14.2. The molecule has 1 N–H and O–H groups in total. The minimum Gasteiger partial charge on any atom is -0.466 e. The Balaban J connectivity index is 3.88. The van der Waals surface area contributed by atoms with E-state index in [9.17, 15) is 9.90 Å². The van der Waals surface area contributed by atoms with Gasteiger partial charge in [0.25, 0.3) is 0 Å². The Morgan fingerprint density at radius 3 is 2.53 bits per heavy atom. The van der Waals surface area contributed by atoms with Crippen LogP contribution in [-0.2, 0) is 9.53 Å². The molecule has 0 aliphatic rings. The van der Waals surface area contributed by atoms with Crippen molar-refractivity contribution in [3.8, 4) is 11.5 Å². The Hall–Kier alpha value is -0.793. The lowest BCUT2D eigenvalue weighted by Crippen LogP contribution is -2.18. The highest BCUT2D eigenvalue weighted by Gasteiger charge is 2.11. The molecule has 4 heteroatoms. The van der Waals surface area contributed by atoms with E-state index in [0.29, 0.717) is 13.0 Å². The molecule has 1 atom stereocenters. The van der Waals surface area contributed by atoms with Gasteiger partial charge >= 0.3 is 5.97 Å². The number of esters is 1. The fourth-order valence-corrected chi connectivity index (χ4v) is 1.55. The van der Waals surface area contributed by atoms with Crippen LogP contribution in [0, 0.1) is 11.5 Å². The Morgan fingerprint density at radius 1 is 1.47 bits per heavy atom. The van der Waals surface area contributed by atoms with Gasteiger partial charge in [0.1, 0.15) is 8.07 Å². The predicted octanol–water partition coefficient (Wildman–Crippen LogP) is 1.57. The van der Waals surface area contributed by atoms with E-state index < -0.39 is 14.2 Å². The lowest BCUT2D eigenvalue weighted by molar-refractivity contribution is -0.145. The Labute approximate surface area is 92.8 Å². The summed E-state index contributed by atoms with van der Waals surface area (Å²) in [4.78, 5) is 11.0. The zero-order valence-electron chi connectivity index (χ0n) is 9.96. The second-order valence-electron chi connectivity index (χ2n) is 4.42. The van der Waals surface area contributed by atoms with Crippen LogP contribution in [-0.4, -0.2) is 31.9 Å².